The Balaban J connectivity index is 2.37. The second kappa shape index (κ2) is 6.50. The Bertz CT molecular complexity index is 250. The standard InChI is InChI=1S/C9H17N3O2/c1-3-14-6-4-9-11-10-8-12(9)5-7-13-2/h8H,3-7H2,1-2H3. The van der Waals surface area contributed by atoms with Crippen molar-refractivity contribution in [2.24, 2.45) is 0 Å². The second-order valence-electron chi connectivity index (χ2n) is 2.88. The number of nitrogens with zero attached hydrogens (tertiary/aromatic N) is 3. The molecule has 14 heavy (non-hydrogen) atoms. The molecule has 1 heterocycles. The molecule has 0 radical (unpaired) electrons. The predicted molar refractivity (Wildman–Crippen MR) is 52.1 cm³/mol. The van der Waals surface area contributed by atoms with E-state index < -0.39 is 0 Å². The Kier molecular flexibility index (Phi) is 5.17. The third kappa shape index (κ3) is 3.43. The molecule has 5 heteroatoms. The summed E-state index contributed by atoms with van der Waals surface area (Å²) in [6, 6.07) is 0. The first-order chi connectivity index (χ1) is 6.88. The highest BCUT2D eigenvalue weighted by Crippen LogP contribution is 1.97. The van der Waals surface area contributed by atoms with Crippen LogP contribution in [-0.4, -0.2) is 41.7 Å². The van der Waals surface area contributed by atoms with Gasteiger partial charge in [-0.15, -0.1) is 10.2 Å². The van der Waals surface area contributed by atoms with E-state index in [1.807, 2.05) is 11.5 Å². The number of methoxy groups -OCH3 is 1. The largest absolute Gasteiger partial charge is 0.383 e. The van der Waals surface area contributed by atoms with Gasteiger partial charge in [0.2, 0.25) is 0 Å². The summed E-state index contributed by atoms with van der Waals surface area (Å²) in [5, 5.41) is 7.87. The molecule has 5 nitrogen and oxygen atoms in total. The van der Waals surface area contributed by atoms with Crippen LogP contribution in [-0.2, 0) is 22.4 Å². The van der Waals surface area contributed by atoms with E-state index in [1.165, 1.54) is 0 Å². The summed E-state index contributed by atoms with van der Waals surface area (Å²) >= 11 is 0. The Hall–Kier alpha value is -0.940. The van der Waals surface area contributed by atoms with Gasteiger partial charge in [0.25, 0.3) is 0 Å². The number of hydrogen-bond acceptors (Lipinski definition) is 4. The van der Waals surface area contributed by atoms with Gasteiger partial charge in [0.15, 0.2) is 0 Å². The van der Waals surface area contributed by atoms with Crippen molar-refractivity contribution in [3.63, 3.8) is 0 Å². The Morgan fingerprint density at radius 2 is 2.29 bits per heavy atom. The highest BCUT2D eigenvalue weighted by atomic mass is 16.5. The fraction of sp³-hybridized carbons (Fsp3) is 0.778. The monoisotopic (exact) mass is 199 g/mol. The van der Waals surface area contributed by atoms with E-state index in [4.69, 9.17) is 9.47 Å². The van der Waals surface area contributed by atoms with Crippen molar-refractivity contribution < 1.29 is 9.47 Å². The quantitative estimate of drug-likeness (QED) is 0.600. The minimum absolute atomic E-state index is 0.680. The fourth-order valence-electron chi connectivity index (χ4n) is 1.16. The van der Waals surface area contributed by atoms with Crippen LogP contribution in [0.5, 0.6) is 0 Å². The van der Waals surface area contributed by atoms with Crippen molar-refractivity contribution in [1.82, 2.24) is 14.8 Å². The maximum absolute atomic E-state index is 5.25. The molecule has 0 bridgehead atoms. The number of hydrogen-bond donors (Lipinski definition) is 0. The minimum atomic E-state index is 0.680. The van der Waals surface area contributed by atoms with Gasteiger partial charge in [-0.2, -0.15) is 0 Å². The van der Waals surface area contributed by atoms with Crippen LogP contribution in [0, 0.1) is 0 Å². The molecule has 0 aliphatic rings. The highest BCUT2D eigenvalue weighted by molar-refractivity contribution is 4.85. The van der Waals surface area contributed by atoms with Crippen molar-refractivity contribution in [2.75, 3.05) is 26.9 Å². The summed E-state index contributed by atoms with van der Waals surface area (Å²) in [7, 11) is 1.68. The third-order valence-corrected chi connectivity index (χ3v) is 1.91. The summed E-state index contributed by atoms with van der Waals surface area (Å²) in [6.45, 7) is 4.90. The number of rotatable bonds is 7. The number of aromatic nitrogens is 3. The van der Waals surface area contributed by atoms with Crippen LogP contribution >= 0.6 is 0 Å². The van der Waals surface area contributed by atoms with E-state index >= 15 is 0 Å². The topological polar surface area (TPSA) is 49.2 Å². The molecule has 0 amide bonds. The zero-order chi connectivity index (χ0) is 10.2. The van der Waals surface area contributed by atoms with Crippen molar-refractivity contribution in [1.29, 1.82) is 0 Å². The lowest BCUT2D eigenvalue weighted by molar-refractivity contribution is 0.147. The molecule has 1 aromatic rings. The van der Waals surface area contributed by atoms with E-state index in [1.54, 1.807) is 13.4 Å². The molecular formula is C9H17N3O2. The molecule has 80 valence electrons. The minimum Gasteiger partial charge on any atom is -0.383 e. The summed E-state index contributed by atoms with van der Waals surface area (Å²) in [4.78, 5) is 0. The Labute approximate surface area is 84.0 Å². The first-order valence-electron chi connectivity index (χ1n) is 4.81. The maximum atomic E-state index is 5.25. The van der Waals surface area contributed by atoms with Gasteiger partial charge in [-0.25, -0.2) is 0 Å². The smallest absolute Gasteiger partial charge is 0.135 e. The normalized spacial score (nSPS) is 10.7. The van der Waals surface area contributed by atoms with Gasteiger partial charge >= 0.3 is 0 Å². The van der Waals surface area contributed by atoms with Gasteiger partial charge in [0.1, 0.15) is 12.2 Å². The van der Waals surface area contributed by atoms with Crippen LogP contribution in [0.15, 0.2) is 6.33 Å². The fourth-order valence-corrected chi connectivity index (χ4v) is 1.16. The van der Waals surface area contributed by atoms with Crippen LogP contribution in [0.25, 0.3) is 0 Å². The average molecular weight is 199 g/mol. The lowest BCUT2D eigenvalue weighted by Gasteiger charge is -2.05. The van der Waals surface area contributed by atoms with Gasteiger partial charge in [-0.1, -0.05) is 0 Å². The van der Waals surface area contributed by atoms with Crippen LogP contribution < -0.4 is 0 Å². The van der Waals surface area contributed by atoms with Crippen molar-refractivity contribution in [3.05, 3.63) is 12.2 Å². The molecule has 1 aromatic heterocycles. The third-order valence-electron chi connectivity index (χ3n) is 1.91. The van der Waals surface area contributed by atoms with Crippen LogP contribution in [0.1, 0.15) is 12.7 Å². The van der Waals surface area contributed by atoms with Gasteiger partial charge in [0.05, 0.1) is 13.2 Å². The van der Waals surface area contributed by atoms with Gasteiger partial charge in [0, 0.05) is 26.7 Å². The number of ether oxygens (including phenoxy) is 2. The lowest BCUT2D eigenvalue weighted by Crippen LogP contribution is -2.10. The van der Waals surface area contributed by atoms with E-state index in [0.29, 0.717) is 13.2 Å². The van der Waals surface area contributed by atoms with Crippen LogP contribution in [0.3, 0.4) is 0 Å². The SMILES string of the molecule is CCOCCc1nncn1CCOC. The van der Waals surface area contributed by atoms with E-state index in [2.05, 4.69) is 10.2 Å². The molecule has 0 aliphatic carbocycles. The molecule has 0 fully saturated rings. The molecule has 0 saturated heterocycles. The zero-order valence-corrected chi connectivity index (χ0v) is 8.77. The molecule has 0 unspecified atom stereocenters. The maximum Gasteiger partial charge on any atom is 0.135 e. The van der Waals surface area contributed by atoms with E-state index in [0.717, 1.165) is 25.4 Å². The van der Waals surface area contributed by atoms with Crippen molar-refractivity contribution >= 4 is 0 Å². The summed E-state index contributed by atoms with van der Waals surface area (Å²) in [5.41, 5.74) is 0. The molecule has 0 N–H and O–H groups in total. The zero-order valence-electron chi connectivity index (χ0n) is 8.77. The molecular weight excluding hydrogens is 182 g/mol. The Morgan fingerprint density at radius 3 is 3.00 bits per heavy atom. The molecule has 0 aliphatic heterocycles. The highest BCUT2D eigenvalue weighted by Gasteiger charge is 2.02. The van der Waals surface area contributed by atoms with Crippen molar-refractivity contribution in [3.8, 4) is 0 Å². The first kappa shape index (κ1) is 11.1. The van der Waals surface area contributed by atoms with E-state index in [-0.39, 0.29) is 0 Å². The van der Waals surface area contributed by atoms with Crippen LogP contribution in [0.2, 0.25) is 0 Å². The van der Waals surface area contributed by atoms with Gasteiger partial charge in [-0.3, -0.25) is 0 Å². The molecule has 1 rings (SSSR count). The first-order valence-corrected chi connectivity index (χ1v) is 4.81. The lowest BCUT2D eigenvalue weighted by atomic mass is 10.4. The van der Waals surface area contributed by atoms with E-state index in [9.17, 15) is 0 Å². The van der Waals surface area contributed by atoms with Crippen molar-refractivity contribution in [2.45, 2.75) is 19.9 Å². The van der Waals surface area contributed by atoms with Gasteiger partial charge in [-0.05, 0) is 6.92 Å². The summed E-state index contributed by atoms with van der Waals surface area (Å²) in [5.74, 6) is 0.954. The average Bonchev–Trinajstić information content (AvgIpc) is 2.63. The Morgan fingerprint density at radius 1 is 1.43 bits per heavy atom. The summed E-state index contributed by atoms with van der Waals surface area (Å²) in [6.07, 6.45) is 2.53. The molecule has 0 atom stereocenters. The van der Waals surface area contributed by atoms with Gasteiger partial charge < -0.3 is 14.0 Å². The second-order valence-corrected chi connectivity index (χ2v) is 2.88. The molecule has 0 saturated carbocycles. The predicted octanol–water partition coefficient (Wildman–Crippen LogP) is 0.503. The molecule has 0 aromatic carbocycles. The molecule has 0 spiro atoms. The summed E-state index contributed by atoms with van der Waals surface area (Å²) < 4.78 is 12.2. The van der Waals surface area contributed by atoms with Crippen LogP contribution in [0.4, 0.5) is 0 Å².